The summed E-state index contributed by atoms with van der Waals surface area (Å²) in [6, 6.07) is 0.206. The Morgan fingerprint density at radius 3 is 2.12 bits per heavy atom. The van der Waals surface area contributed by atoms with Gasteiger partial charge < -0.3 is 10.4 Å². The second-order valence-electron chi connectivity index (χ2n) is 3.63. The highest BCUT2D eigenvalue weighted by Crippen LogP contribution is 2.14. The van der Waals surface area contributed by atoms with Crippen molar-refractivity contribution in [2.24, 2.45) is 0 Å². The summed E-state index contributed by atoms with van der Waals surface area (Å²) in [5, 5.41) is 11.2. The van der Waals surface area contributed by atoms with Crippen LogP contribution in [0, 0.1) is 0 Å². The Morgan fingerprint density at radius 2 is 1.75 bits per heavy atom. The highest BCUT2D eigenvalue weighted by molar-refractivity contribution is 8.01. The molecule has 0 fully saturated rings. The standard InChI is InChI=1S/C11H21NO3S/c1-4-8(5-2)12-10(13)7-16-9(6-3)11(14)15/h8-9H,4-7H2,1-3H3,(H,12,13)(H,14,15). The lowest BCUT2D eigenvalue weighted by molar-refractivity contribution is -0.136. The molecule has 0 saturated carbocycles. The number of carboxylic acid groups (broad SMARTS) is 1. The van der Waals surface area contributed by atoms with Crippen LogP contribution in [0.3, 0.4) is 0 Å². The summed E-state index contributed by atoms with van der Waals surface area (Å²) in [4.78, 5) is 22.2. The van der Waals surface area contributed by atoms with E-state index in [2.05, 4.69) is 5.32 Å². The minimum Gasteiger partial charge on any atom is -0.480 e. The number of amides is 1. The first-order valence-electron chi connectivity index (χ1n) is 5.68. The molecule has 0 saturated heterocycles. The van der Waals surface area contributed by atoms with E-state index in [1.807, 2.05) is 20.8 Å². The van der Waals surface area contributed by atoms with Gasteiger partial charge in [0.05, 0.1) is 5.75 Å². The molecule has 0 aromatic carbocycles. The fourth-order valence-corrected chi connectivity index (χ4v) is 2.12. The second kappa shape index (κ2) is 8.44. The van der Waals surface area contributed by atoms with Gasteiger partial charge in [0.1, 0.15) is 5.25 Å². The molecule has 0 aliphatic carbocycles. The van der Waals surface area contributed by atoms with Gasteiger partial charge in [0.2, 0.25) is 5.91 Å². The topological polar surface area (TPSA) is 66.4 Å². The molecule has 0 aliphatic rings. The zero-order chi connectivity index (χ0) is 12.6. The van der Waals surface area contributed by atoms with Crippen molar-refractivity contribution < 1.29 is 14.7 Å². The van der Waals surface area contributed by atoms with E-state index in [4.69, 9.17) is 5.11 Å². The third-order valence-corrected chi connectivity index (χ3v) is 3.78. The monoisotopic (exact) mass is 247 g/mol. The van der Waals surface area contributed by atoms with Gasteiger partial charge >= 0.3 is 5.97 Å². The van der Waals surface area contributed by atoms with Crippen LogP contribution in [0.15, 0.2) is 0 Å². The molecular weight excluding hydrogens is 226 g/mol. The van der Waals surface area contributed by atoms with E-state index in [1.165, 1.54) is 11.8 Å². The molecule has 4 nitrogen and oxygen atoms in total. The van der Waals surface area contributed by atoms with E-state index in [1.54, 1.807) is 0 Å². The first-order chi connectivity index (χ1) is 7.54. The number of hydrogen-bond acceptors (Lipinski definition) is 3. The maximum atomic E-state index is 11.5. The van der Waals surface area contributed by atoms with Crippen LogP contribution in [-0.4, -0.2) is 34.0 Å². The number of hydrogen-bond donors (Lipinski definition) is 2. The van der Waals surface area contributed by atoms with Gasteiger partial charge in [0.25, 0.3) is 0 Å². The molecule has 1 unspecified atom stereocenters. The van der Waals surface area contributed by atoms with Crippen LogP contribution in [0.5, 0.6) is 0 Å². The van der Waals surface area contributed by atoms with Gasteiger partial charge in [0.15, 0.2) is 0 Å². The van der Waals surface area contributed by atoms with Crippen molar-refractivity contribution in [3.05, 3.63) is 0 Å². The van der Waals surface area contributed by atoms with Crippen LogP contribution >= 0.6 is 11.8 Å². The zero-order valence-electron chi connectivity index (χ0n) is 10.2. The number of carbonyl (C=O) groups excluding carboxylic acids is 1. The Kier molecular flexibility index (Phi) is 8.07. The molecule has 1 atom stereocenters. The number of thioether (sulfide) groups is 1. The molecular formula is C11H21NO3S. The SMILES string of the molecule is CCC(CC)NC(=O)CSC(CC)C(=O)O. The first-order valence-corrected chi connectivity index (χ1v) is 6.73. The van der Waals surface area contributed by atoms with Gasteiger partial charge in [0, 0.05) is 6.04 Å². The predicted octanol–water partition coefficient (Wildman–Crippen LogP) is 1.89. The fraction of sp³-hybridized carbons (Fsp3) is 0.818. The van der Waals surface area contributed by atoms with Crippen molar-refractivity contribution in [3.8, 4) is 0 Å². The third-order valence-electron chi connectivity index (χ3n) is 2.41. The first kappa shape index (κ1) is 15.3. The van der Waals surface area contributed by atoms with Crippen LogP contribution < -0.4 is 5.32 Å². The van der Waals surface area contributed by atoms with E-state index >= 15 is 0 Å². The number of aliphatic carboxylic acids is 1. The van der Waals surface area contributed by atoms with E-state index < -0.39 is 11.2 Å². The molecule has 0 spiro atoms. The summed E-state index contributed by atoms with van der Waals surface area (Å²) in [5.41, 5.74) is 0. The van der Waals surface area contributed by atoms with Crippen LogP contribution in [-0.2, 0) is 9.59 Å². The van der Waals surface area contributed by atoms with Crippen molar-refractivity contribution in [2.45, 2.75) is 51.3 Å². The minimum absolute atomic E-state index is 0.0709. The highest BCUT2D eigenvalue weighted by atomic mass is 32.2. The van der Waals surface area contributed by atoms with Gasteiger partial charge in [-0.1, -0.05) is 20.8 Å². The molecule has 0 aromatic heterocycles. The van der Waals surface area contributed by atoms with Crippen LogP contribution in [0.4, 0.5) is 0 Å². The van der Waals surface area contributed by atoms with Crippen molar-refractivity contribution in [1.82, 2.24) is 5.32 Å². The van der Waals surface area contributed by atoms with Crippen LogP contribution in [0.25, 0.3) is 0 Å². The number of rotatable bonds is 8. The summed E-state index contributed by atoms with van der Waals surface area (Å²) in [6.45, 7) is 5.85. The maximum Gasteiger partial charge on any atom is 0.316 e. The van der Waals surface area contributed by atoms with Crippen LogP contribution in [0.2, 0.25) is 0 Å². The van der Waals surface area contributed by atoms with Crippen LogP contribution in [0.1, 0.15) is 40.0 Å². The van der Waals surface area contributed by atoms with Gasteiger partial charge in [-0.15, -0.1) is 11.8 Å². The lowest BCUT2D eigenvalue weighted by atomic mass is 10.2. The summed E-state index contributed by atoms with van der Waals surface area (Å²) >= 11 is 1.19. The van der Waals surface area contributed by atoms with Crippen molar-refractivity contribution in [3.63, 3.8) is 0 Å². The van der Waals surface area contributed by atoms with Gasteiger partial charge in [-0.05, 0) is 19.3 Å². The molecule has 0 heterocycles. The summed E-state index contributed by atoms with van der Waals surface area (Å²) in [7, 11) is 0. The lowest BCUT2D eigenvalue weighted by Gasteiger charge is -2.15. The molecule has 5 heteroatoms. The molecule has 0 radical (unpaired) electrons. The van der Waals surface area contributed by atoms with Gasteiger partial charge in [-0.3, -0.25) is 9.59 Å². The Bertz CT molecular complexity index is 229. The number of carboxylic acids is 1. The average Bonchev–Trinajstić information content (AvgIpc) is 2.26. The predicted molar refractivity (Wildman–Crippen MR) is 66.7 cm³/mol. The number of carbonyl (C=O) groups is 2. The molecule has 0 bridgehead atoms. The molecule has 2 N–H and O–H groups in total. The maximum absolute atomic E-state index is 11.5. The smallest absolute Gasteiger partial charge is 0.316 e. The lowest BCUT2D eigenvalue weighted by Crippen LogP contribution is -2.35. The summed E-state index contributed by atoms with van der Waals surface area (Å²) < 4.78 is 0. The minimum atomic E-state index is -0.845. The molecule has 94 valence electrons. The normalized spacial score (nSPS) is 12.5. The van der Waals surface area contributed by atoms with E-state index in [-0.39, 0.29) is 17.7 Å². The van der Waals surface area contributed by atoms with E-state index in [0.717, 1.165) is 12.8 Å². The largest absolute Gasteiger partial charge is 0.480 e. The molecule has 1 amide bonds. The fourth-order valence-electron chi connectivity index (χ4n) is 1.30. The molecule has 0 aliphatic heterocycles. The Hall–Kier alpha value is -0.710. The Labute approximate surface area is 101 Å². The highest BCUT2D eigenvalue weighted by Gasteiger charge is 2.17. The third kappa shape index (κ3) is 6.00. The van der Waals surface area contributed by atoms with Gasteiger partial charge in [-0.25, -0.2) is 0 Å². The number of nitrogens with one attached hydrogen (secondary N) is 1. The molecule has 0 rings (SSSR count). The second-order valence-corrected chi connectivity index (χ2v) is 4.82. The van der Waals surface area contributed by atoms with E-state index in [9.17, 15) is 9.59 Å². The van der Waals surface area contributed by atoms with Crippen molar-refractivity contribution >= 4 is 23.6 Å². The quantitative estimate of drug-likeness (QED) is 0.687. The van der Waals surface area contributed by atoms with Gasteiger partial charge in [-0.2, -0.15) is 0 Å². The van der Waals surface area contributed by atoms with E-state index in [0.29, 0.717) is 6.42 Å². The summed E-state index contributed by atoms with van der Waals surface area (Å²) in [6.07, 6.45) is 2.35. The van der Waals surface area contributed by atoms with Crippen molar-refractivity contribution in [2.75, 3.05) is 5.75 Å². The molecule has 16 heavy (non-hydrogen) atoms. The molecule has 0 aromatic rings. The summed E-state index contributed by atoms with van der Waals surface area (Å²) in [5.74, 6) is -0.692. The average molecular weight is 247 g/mol. The van der Waals surface area contributed by atoms with Crippen molar-refractivity contribution in [1.29, 1.82) is 0 Å². The Balaban J connectivity index is 3.92. The Morgan fingerprint density at radius 1 is 1.19 bits per heavy atom. The zero-order valence-corrected chi connectivity index (χ0v) is 11.0.